The summed E-state index contributed by atoms with van der Waals surface area (Å²) in [6.45, 7) is 0.625. The highest BCUT2D eigenvalue weighted by Crippen LogP contribution is 2.11. The molecule has 1 aliphatic heterocycles. The Balaban J connectivity index is 1.76. The van der Waals surface area contributed by atoms with E-state index in [4.69, 9.17) is 15.2 Å². The fraction of sp³-hybridized carbons (Fsp3) is 0.357. The lowest BCUT2D eigenvalue weighted by Gasteiger charge is -2.25. The average molecular weight is 307 g/mol. The molecule has 0 radical (unpaired) electrons. The molecule has 4 N–H and O–H groups in total. The van der Waals surface area contributed by atoms with Gasteiger partial charge in [0.1, 0.15) is 6.61 Å². The van der Waals surface area contributed by atoms with E-state index in [2.05, 4.69) is 10.6 Å². The molecule has 118 valence electrons. The second kappa shape index (κ2) is 7.41. The summed E-state index contributed by atoms with van der Waals surface area (Å²) in [4.78, 5) is 32.9. The molecule has 1 saturated heterocycles. The zero-order valence-corrected chi connectivity index (χ0v) is 11.8. The molecule has 1 aromatic carbocycles. The number of nitrogens with one attached hydrogen (secondary N) is 2. The lowest BCUT2D eigenvalue weighted by atomic mass is 10.1. The molecule has 0 saturated carbocycles. The first-order valence-electron chi connectivity index (χ1n) is 6.70. The first kappa shape index (κ1) is 15.8. The number of benzene rings is 1. The second-order valence-electron chi connectivity index (χ2n) is 4.76. The fourth-order valence-corrected chi connectivity index (χ4v) is 1.77. The number of β-lactam (4-membered cyclic amide) rings is 1. The molecule has 1 aliphatic rings. The maximum absolute atomic E-state index is 11.3. The topological polar surface area (TPSA) is 120 Å². The van der Waals surface area contributed by atoms with Gasteiger partial charge in [-0.05, 0) is 11.1 Å². The first-order chi connectivity index (χ1) is 10.5. The van der Waals surface area contributed by atoms with Crippen LogP contribution in [-0.4, -0.2) is 37.1 Å². The Bertz CT molecular complexity index is 575. The number of hydrogen-bond acceptors (Lipinski definition) is 5. The van der Waals surface area contributed by atoms with Crippen LogP contribution in [0.25, 0.3) is 0 Å². The molecule has 1 fully saturated rings. The summed E-state index contributed by atoms with van der Waals surface area (Å²) in [5, 5.41) is 4.82. The summed E-state index contributed by atoms with van der Waals surface area (Å²) >= 11 is 0. The Morgan fingerprint density at radius 2 is 2.05 bits per heavy atom. The molecular weight excluding hydrogens is 290 g/mol. The van der Waals surface area contributed by atoms with Crippen molar-refractivity contribution in [3.63, 3.8) is 0 Å². The maximum atomic E-state index is 11.3. The summed E-state index contributed by atoms with van der Waals surface area (Å²) in [5.74, 6) is -0.748. The van der Waals surface area contributed by atoms with Crippen LogP contribution in [0.1, 0.15) is 11.1 Å². The van der Waals surface area contributed by atoms with Gasteiger partial charge in [-0.25, -0.2) is 4.79 Å². The predicted molar refractivity (Wildman–Crippen MR) is 75.4 cm³/mol. The van der Waals surface area contributed by atoms with E-state index in [1.807, 2.05) is 12.1 Å². The van der Waals surface area contributed by atoms with E-state index in [0.717, 1.165) is 11.1 Å². The molecule has 0 aromatic heterocycles. The van der Waals surface area contributed by atoms with Gasteiger partial charge in [0, 0.05) is 0 Å². The Labute approximate surface area is 126 Å². The number of amides is 3. The Hall–Kier alpha value is -2.61. The van der Waals surface area contributed by atoms with E-state index in [1.54, 1.807) is 12.1 Å². The lowest BCUT2D eigenvalue weighted by Crippen LogP contribution is -2.54. The van der Waals surface area contributed by atoms with Gasteiger partial charge in [0.2, 0.25) is 5.91 Å². The van der Waals surface area contributed by atoms with E-state index in [9.17, 15) is 14.4 Å². The van der Waals surface area contributed by atoms with Crippen LogP contribution >= 0.6 is 0 Å². The third kappa shape index (κ3) is 4.74. The van der Waals surface area contributed by atoms with Crippen molar-refractivity contribution in [1.82, 2.24) is 10.6 Å². The number of carbonyl (C=O) groups is 3. The molecule has 0 spiro atoms. The van der Waals surface area contributed by atoms with Crippen LogP contribution in [0.2, 0.25) is 0 Å². The van der Waals surface area contributed by atoms with Crippen LogP contribution < -0.4 is 16.4 Å². The van der Waals surface area contributed by atoms with Crippen LogP contribution in [0, 0.1) is 0 Å². The van der Waals surface area contributed by atoms with Crippen LogP contribution in [0.4, 0.5) is 4.79 Å². The highest BCUT2D eigenvalue weighted by Gasteiger charge is 2.28. The summed E-state index contributed by atoms with van der Waals surface area (Å²) in [7, 11) is 0. The second-order valence-corrected chi connectivity index (χ2v) is 4.76. The standard InChI is InChI=1S/C14H17N3O5/c15-12(18)6-17-14(20)22-8-10-3-1-2-9(4-10)7-21-11-5-16-13(11)19/h1-4,11H,5-8H2,(H2,15,18)(H,16,19)(H,17,20). The van der Waals surface area contributed by atoms with E-state index >= 15 is 0 Å². The summed E-state index contributed by atoms with van der Waals surface area (Å²) in [6.07, 6.45) is -1.11. The van der Waals surface area contributed by atoms with Gasteiger partial charge in [-0.15, -0.1) is 0 Å². The minimum absolute atomic E-state index is 0.0579. The van der Waals surface area contributed by atoms with Gasteiger partial charge < -0.3 is 25.8 Å². The van der Waals surface area contributed by atoms with E-state index in [-0.39, 0.29) is 25.2 Å². The normalized spacial score (nSPS) is 16.4. The lowest BCUT2D eigenvalue weighted by molar-refractivity contribution is -0.142. The van der Waals surface area contributed by atoms with Crippen molar-refractivity contribution in [1.29, 1.82) is 0 Å². The molecule has 22 heavy (non-hydrogen) atoms. The third-order valence-electron chi connectivity index (χ3n) is 2.97. The van der Waals surface area contributed by atoms with Gasteiger partial charge in [0.15, 0.2) is 6.10 Å². The Morgan fingerprint density at radius 3 is 2.64 bits per heavy atom. The number of ether oxygens (including phenoxy) is 2. The van der Waals surface area contributed by atoms with Gasteiger partial charge in [0.05, 0.1) is 19.7 Å². The summed E-state index contributed by atoms with van der Waals surface area (Å²) in [6, 6.07) is 7.27. The number of nitrogens with two attached hydrogens (primary N) is 1. The van der Waals surface area contributed by atoms with Gasteiger partial charge in [0.25, 0.3) is 5.91 Å². The summed E-state index contributed by atoms with van der Waals surface area (Å²) in [5.41, 5.74) is 6.55. The van der Waals surface area contributed by atoms with Crippen molar-refractivity contribution in [2.24, 2.45) is 5.73 Å². The zero-order valence-electron chi connectivity index (χ0n) is 11.8. The number of rotatable bonds is 7. The van der Waals surface area contributed by atoms with Crippen molar-refractivity contribution in [2.45, 2.75) is 19.3 Å². The molecule has 1 heterocycles. The zero-order chi connectivity index (χ0) is 15.9. The maximum Gasteiger partial charge on any atom is 0.407 e. The van der Waals surface area contributed by atoms with E-state index < -0.39 is 12.0 Å². The van der Waals surface area contributed by atoms with Gasteiger partial charge in [-0.1, -0.05) is 24.3 Å². The number of carbonyl (C=O) groups excluding carboxylic acids is 3. The monoisotopic (exact) mass is 307 g/mol. The smallest absolute Gasteiger partial charge is 0.407 e. The molecule has 8 nitrogen and oxygen atoms in total. The van der Waals surface area contributed by atoms with Crippen molar-refractivity contribution in [3.05, 3.63) is 35.4 Å². The highest BCUT2D eigenvalue weighted by molar-refractivity contribution is 5.86. The van der Waals surface area contributed by atoms with Crippen molar-refractivity contribution in [2.75, 3.05) is 13.1 Å². The molecule has 3 amide bonds. The van der Waals surface area contributed by atoms with Crippen molar-refractivity contribution >= 4 is 17.9 Å². The molecule has 0 bridgehead atoms. The molecule has 8 heteroatoms. The predicted octanol–water partition coefficient (Wildman–Crippen LogP) is -0.587. The van der Waals surface area contributed by atoms with Crippen LogP contribution in [0.3, 0.4) is 0 Å². The summed E-state index contributed by atoms with van der Waals surface area (Å²) < 4.78 is 10.4. The first-order valence-corrected chi connectivity index (χ1v) is 6.70. The van der Waals surface area contributed by atoms with Crippen LogP contribution in [0.15, 0.2) is 24.3 Å². The van der Waals surface area contributed by atoms with Gasteiger partial charge >= 0.3 is 6.09 Å². The minimum atomic E-state index is -0.716. The molecular formula is C14H17N3O5. The van der Waals surface area contributed by atoms with E-state index in [1.165, 1.54) is 0 Å². The van der Waals surface area contributed by atoms with Crippen molar-refractivity contribution < 1.29 is 23.9 Å². The quantitative estimate of drug-likeness (QED) is 0.582. The number of hydrogen-bond donors (Lipinski definition) is 3. The number of alkyl carbamates (subject to hydrolysis) is 1. The van der Waals surface area contributed by atoms with E-state index in [0.29, 0.717) is 13.2 Å². The molecule has 2 rings (SSSR count). The molecule has 0 aliphatic carbocycles. The highest BCUT2D eigenvalue weighted by atomic mass is 16.5. The van der Waals surface area contributed by atoms with Crippen LogP contribution in [0.5, 0.6) is 0 Å². The van der Waals surface area contributed by atoms with Gasteiger partial charge in [-0.3, -0.25) is 9.59 Å². The fourth-order valence-electron chi connectivity index (χ4n) is 1.77. The molecule has 1 atom stereocenters. The SMILES string of the molecule is NC(=O)CNC(=O)OCc1cccc(COC2CNC2=O)c1. The Morgan fingerprint density at radius 1 is 1.32 bits per heavy atom. The van der Waals surface area contributed by atoms with Crippen LogP contribution in [-0.2, 0) is 32.3 Å². The molecule has 1 aromatic rings. The average Bonchev–Trinajstić information content (AvgIpc) is 2.50. The van der Waals surface area contributed by atoms with Crippen molar-refractivity contribution in [3.8, 4) is 0 Å². The largest absolute Gasteiger partial charge is 0.445 e. The molecule has 1 unspecified atom stereocenters. The number of primary amides is 1. The third-order valence-corrected chi connectivity index (χ3v) is 2.97. The van der Waals surface area contributed by atoms with Gasteiger partial charge in [-0.2, -0.15) is 0 Å². The minimum Gasteiger partial charge on any atom is -0.445 e. The Kier molecular flexibility index (Phi) is 5.31.